The zero-order valence-electron chi connectivity index (χ0n) is 61.4. The first kappa shape index (κ1) is 88.7. The van der Waals surface area contributed by atoms with Crippen LogP contribution in [0, 0.1) is 0 Å². The van der Waals surface area contributed by atoms with Crippen LogP contribution in [-0.2, 0) is 27.9 Å². The normalized spacial score (nSPS) is 13.7. The molecular weight excluding hydrogens is 1140 g/mol. The highest BCUT2D eigenvalue weighted by atomic mass is 31.2. The lowest BCUT2D eigenvalue weighted by Gasteiger charge is -2.27. The summed E-state index contributed by atoms with van der Waals surface area (Å²) in [6.45, 7) is 7.05. The van der Waals surface area contributed by atoms with Crippen molar-refractivity contribution in [2.75, 3.05) is 40.9 Å². The van der Waals surface area contributed by atoms with Crippen molar-refractivity contribution in [2.45, 2.75) is 405 Å². The van der Waals surface area contributed by atoms with Crippen LogP contribution >= 0.6 is 7.82 Å². The van der Waals surface area contributed by atoms with Crippen molar-refractivity contribution >= 4 is 19.7 Å². The zero-order valence-corrected chi connectivity index (χ0v) is 62.2. The van der Waals surface area contributed by atoms with E-state index in [4.69, 9.17) is 13.8 Å². The Morgan fingerprint density at radius 3 is 1.03 bits per heavy atom. The monoisotopic (exact) mass is 1300 g/mol. The number of phosphoric acid groups is 1. The predicted molar refractivity (Wildman–Crippen MR) is 397 cm³/mol. The van der Waals surface area contributed by atoms with E-state index in [9.17, 15) is 19.0 Å². The maximum absolute atomic E-state index is 13.7. The molecule has 0 fully saturated rings. The van der Waals surface area contributed by atoms with Gasteiger partial charge in [0.1, 0.15) is 19.3 Å². The van der Waals surface area contributed by atoms with Gasteiger partial charge in [0.2, 0.25) is 5.91 Å². The summed E-state index contributed by atoms with van der Waals surface area (Å²) in [6, 6.07) is -0.849. The van der Waals surface area contributed by atoms with Gasteiger partial charge in [0.15, 0.2) is 0 Å². The minimum absolute atomic E-state index is 0.0415. The van der Waals surface area contributed by atoms with Crippen LogP contribution in [0.2, 0.25) is 0 Å². The Bertz CT molecular complexity index is 1740. The lowest BCUT2D eigenvalue weighted by atomic mass is 10.0. The Hall–Kier alpha value is -2.29. The largest absolute Gasteiger partial charge is 0.472 e. The molecular formula is C81H154N2O7P+. The SMILES string of the molecule is CCCCC/C=C\C/C=C\C/C=C\CCCCCCCCCCCCCCCCC(=O)OC(/C=C/CCCCCCCCCCCCC)C(COP(=O)(O)OCC[N+](C)(C)C)NC(=O)CCCCCCCCCCCCCCCCC/C=C/CCCCCCCC. The number of nitrogens with zero attached hydrogens (tertiary/aromatic N) is 1. The van der Waals surface area contributed by atoms with Crippen molar-refractivity contribution in [3.05, 3.63) is 60.8 Å². The van der Waals surface area contributed by atoms with Gasteiger partial charge in [-0.2, -0.15) is 0 Å². The molecule has 0 saturated carbocycles. The number of quaternary nitrogens is 1. The fourth-order valence-electron chi connectivity index (χ4n) is 11.8. The smallest absolute Gasteiger partial charge is 0.456 e. The van der Waals surface area contributed by atoms with Gasteiger partial charge in [-0.15, -0.1) is 0 Å². The number of hydrogen-bond donors (Lipinski definition) is 2. The van der Waals surface area contributed by atoms with Crippen molar-refractivity contribution in [2.24, 2.45) is 0 Å². The number of esters is 1. The van der Waals surface area contributed by atoms with Crippen molar-refractivity contribution in [3.63, 3.8) is 0 Å². The third kappa shape index (κ3) is 71.8. The van der Waals surface area contributed by atoms with E-state index >= 15 is 0 Å². The number of nitrogens with one attached hydrogen (secondary N) is 1. The highest BCUT2D eigenvalue weighted by Crippen LogP contribution is 2.43. The molecule has 0 spiro atoms. The minimum Gasteiger partial charge on any atom is -0.456 e. The minimum atomic E-state index is -4.46. The number of ether oxygens (including phenoxy) is 1. The topological polar surface area (TPSA) is 111 Å². The summed E-state index contributed by atoms with van der Waals surface area (Å²) in [4.78, 5) is 38.1. The molecule has 3 atom stereocenters. The van der Waals surface area contributed by atoms with Crippen LogP contribution in [0.3, 0.4) is 0 Å². The van der Waals surface area contributed by atoms with E-state index in [2.05, 4.69) is 80.8 Å². The van der Waals surface area contributed by atoms with Crippen molar-refractivity contribution in [1.29, 1.82) is 0 Å². The van der Waals surface area contributed by atoms with Crippen LogP contribution in [0.25, 0.3) is 0 Å². The van der Waals surface area contributed by atoms with Crippen LogP contribution in [0.4, 0.5) is 0 Å². The second-order valence-corrected chi connectivity index (χ2v) is 29.7. The fraction of sp³-hybridized carbons (Fsp3) is 0.852. The van der Waals surface area contributed by atoms with Gasteiger partial charge in [0.05, 0.1) is 33.8 Å². The van der Waals surface area contributed by atoms with Gasteiger partial charge in [-0.25, -0.2) is 4.57 Å². The number of likely N-dealkylation sites (N-methyl/N-ethyl adjacent to an activating group) is 1. The average Bonchev–Trinajstić information content (AvgIpc) is 3.73. The highest BCUT2D eigenvalue weighted by Gasteiger charge is 2.30. The van der Waals surface area contributed by atoms with E-state index < -0.39 is 20.0 Å². The summed E-state index contributed by atoms with van der Waals surface area (Å²) in [7, 11) is 1.51. The van der Waals surface area contributed by atoms with E-state index in [1.165, 1.54) is 289 Å². The number of unbranched alkanes of at least 4 members (excludes halogenated alkanes) is 49. The molecule has 0 bridgehead atoms. The summed E-state index contributed by atoms with van der Waals surface area (Å²) in [5, 5.41) is 3.09. The Labute approximate surface area is 566 Å². The Morgan fingerprint density at radius 1 is 0.385 bits per heavy atom. The molecule has 9 nitrogen and oxygen atoms in total. The molecule has 0 aromatic carbocycles. The number of rotatable bonds is 73. The van der Waals surface area contributed by atoms with E-state index in [0.717, 1.165) is 70.6 Å². The van der Waals surface area contributed by atoms with Gasteiger partial charge in [-0.1, -0.05) is 345 Å². The Balaban J connectivity index is 4.95. The summed E-state index contributed by atoms with van der Waals surface area (Å²) in [5.74, 6) is -0.486. The molecule has 0 aliphatic rings. The van der Waals surface area contributed by atoms with E-state index in [-0.39, 0.29) is 25.1 Å². The number of carbonyl (C=O) groups excluding carboxylic acids is 2. The lowest BCUT2D eigenvalue weighted by molar-refractivity contribution is -0.870. The molecule has 0 heterocycles. The van der Waals surface area contributed by atoms with Gasteiger partial charge in [-0.3, -0.25) is 18.6 Å². The van der Waals surface area contributed by atoms with Crippen molar-refractivity contribution in [1.82, 2.24) is 5.32 Å². The molecule has 0 aliphatic carbocycles. The maximum Gasteiger partial charge on any atom is 0.472 e. The van der Waals surface area contributed by atoms with Gasteiger partial charge in [-0.05, 0) is 96.0 Å². The fourth-order valence-corrected chi connectivity index (χ4v) is 12.6. The third-order valence-corrected chi connectivity index (χ3v) is 18.9. The molecule has 0 rings (SSSR count). The van der Waals surface area contributed by atoms with Crippen LogP contribution in [0.5, 0.6) is 0 Å². The number of hydrogen-bond acceptors (Lipinski definition) is 6. The van der Waals surface area contributed by atoms with Crippen molar-refractivity contribution < 1.29 is 37.3 Å². The molecule has 10 heteroatoms. The Morgan fingerprint density at radius 2 is 0.670 bits per heavy atom. The highest BCUT2D eigenvalue weighted by molar-refractivity contribution is 7.47. The first-order valence-electron chi connectivity index (χ1n) is 39.6. The number of amides is 1. The van der Waals surface area contributed by atoms with Crippen LogP contribution < -0.4 is 5.32 Å². The molecule has 3 unspecified atom stereocenters. The van der Waals surface area contributed by atoms with Crippen molar-refractivity contribution in [3.8, 4) is 0 Å². The summed E-state index contributed by atoms with van der Waals surface area (Å²) in [5.41, 5.74) is 0. The first-order valence-corrected chi connectivity index (χ1v) is 41.1. The second-order valence-electron chi connectivity index (χ2n) is 28.2. The maximum atomic E-state index is 13.7. The van der Waals surface area contributed by atoms with Gasteiger partial charge < -0.3 is 19.4 Å². The standard InChI is InChI=1S/C81H153N2O7P/c1-7-10-13-16-19-22-25-28-30-32-34-36-38-40-41-43-45-47-49-51-53-56-59-62-65-68-71-74-81(85)90-79(72-69-66-63-60-57-54-27-24-21-18-15-12-9-3)78(77-89-91(86,87)88-76-75-83(4,5)6)82-80(84)73-70-67-64-61-58-55-52-50-48-46-44-42-39-37-35-33-31-29-26-23-20-17-14-11-8-2/h19,22,28-31,34,36,69,72,78-79H,7-18,20-21,23-27,32-33,35,37-68,70-71,73-77H2,1-6H3,(H-,82,84,86,87)/p+1/b22-19-,30-28-,31-29+,36-34-,72-69+. The molecule has 0 saturated heterocycles. The van der Waals surface area contributed by atoms with Crippen LogP contribution in [0.15, 0.2) is 60.8 Å². The van der Waals surface area contributed by atoms with Gasteiger partial charge >= 0.3 is 13.8 Å². The number of allylic oxidation sites excluding steroid dienone is 9. The molecule has 0 radical (unpaired) electrons. The average molecular weight is 1300 g/mol. The van der Waals surface area contributed by atoms with Crippen LogP contribution in [-0.4, -0.2) is 74.3 Å². The summed E-state index contributed by atoms with van der Waals surface area (Å²) >= 11 is 0. The molecule has 0 aromatic heterocycles. The first-order chi connectivity index (χ1) is 44.4. The molecule has 2 N–H and O–H groups in total. The van der Waals surface area contributed by atoms with E-state index in [1.807, 2.05) is 27.2 Å². The van der Waals surface area contributed by atoms with E-state index in [0.29, 0.717) is 23.9 Å². The van der Waals surface area contributed by atoms with Gasteiger partial charge in [0, 0.05) is 12.8 Å². The van der Waals surface area contributed by atoms with Crippen LogP contribution in [0.1, 0.15) is 393 Å². The lowest BCUT2D eigenvalue weighted by Crippen LogP contribution is -2.47. The molecule has 1 amide bonds. The quantitative estimate of drug-likeness (QED) is 0.0205. The molecule has 534 valence electrons. The summed E-state index contributed by atoms with van der Waals surface area (Å²) in [6.07, 6.45) is 92.5. The second kappa shape index (κ2) is 70.5. The number of carbonyl (C=O) groups is 2. The zero-order chi connectivity index (χ0) is 66.3. The third-order valence-electron chi connectivity index (χ3n) is 17.9. The van der Waals surface area contributed by atoms with Gasteiger partial charge in [0.25, 0.3) is 0 Å². The molecule has 0 aliphatic heterocycles. The molecule has 0 aromatic rings. The molecule has 91 heavy (non-hydrogen) atoms. The van der Waals surface area contributed by atoms with E-state index in [1.54, 1.807) is 0 Å². The summed E-state index contributed by atoms with van der Waals surface area (Å²) < 4.78 is 30.9. The Kier molecular flexibility index (Phi) is 68.7. The number of phosphoric ester groups is 1. The predicted octanol–water partition coefficient (Wildman–Crippen LogP) is 25.7.